The topological polar surface area (TPSA) is 59.6 Å². The first-order valence-electron chi connectivity index (χ1n) is 6.63. The Morgan fingerprint density at radius 2 is 1.86 bits per heavy atom. The standard InChI is InChI=1S/C14H20F3N3O.HI/c1-10(2)9-20-13(18)19-7-8-21-12-5-3-11(4-6-12)14(15,16)17;/h3-6,10H,7-9H2,1-2H3,(H3,18,19,20);1H. The molecule has 0 aliphatic heterocycles. The average molecular weight is 431 g/mol. The summed E-state index contributed by atoms with van der Waals surface area (Å²) < 4.78 is 42.4. The highest BCUT2D eigenvalue weighted by atomic mass is 127. The minimum atomic E-state index is -4.33. The Hall–Kier alpha value is -1.19. The number of halogens is 4. The van der Waals surface area contributed by atoms with Crippen molar-refractivity contribution in [3.05, 3.63) is 29.8 Å². The average Bonchev–Trinajstić information content (AvgIpc) is 2.41. The quantitative estimate of drug-likeness (QED) is 0.315. The maximum atomic E-state index is 12.4. The Morgan fingerprint density at radius 1 is 1.27 bits per heavy atom. The molecular formula is C14H21F3IN3O. The van der Waals surface area contributed by atoms with Gasteiger partial charge in [-0.3, -0.25) is 4.99 Å². The van der Waals surface area contributed by atoms with E-state index in [9.17, 15) is 13.2 Å². The molecule has 0 radical (unpaired) electrons. The molecule has 0 aliphatic rings. The number of benzene rings is 1. The van der Waals surface area contributed by atoms with Crippen LogP contribution in [0.5, 0.6) is 5.75 Å². The molecule has 22 heavy (non-hydrogen) atoms. The predicted molar refractivity (Wildman–Crippen MR) is 91.7 cm³/mol. The summed E-state index contributed by atoms with van der Waals surface area (Å²) in [5, 5.41) is 2.87. The Balaban J connectivity index is 0.00000441. The number of hydrogen-bond acceptors (Lipinski definition) is 2. The molecule has 0 bridgehead atoms. The molecule has 0 heterocycles. The number of nitrogens with zero attached hydrogens (tertiary/aromatic N) is 1. The van der Waals surface area contributed by atoms with Crippen molar-refractivity contribution in [3.8, 4) is 5.75 Å². The van der Waals surface area contributed by atoms with Gasteiger partial charge in [-0.1, -0.05) is 13.8 Å². The third-order valence-corrected chi connectivity index (χ3v) is 2.49. The van der Waals surface area contributed by atoms with Crippen LogP contribution in [0.3, 0.4) is 0 Å². The number of nitrogens with two attached hydrogens (primary N) is 1. The van der Waals surface area contributed by atoms with Crippen molar-refractivity contribution in [3.63, 3.8) is 0 Å². The summed E-state index contributed by atoms with van der Waals surface area (Å²) in [7, 11) is 0. The Labute approximate surface area is 145 Å². The van der Waals surface area contributed by atoms with E-state index in [1.54, 1.807) is 0 Å². The van der Waals surface area contributed by atoms with Crippen molar-refractivity contribution >= 4 is 29.9 Å². The lowest BCUT2D eigenvalue weighted by molar-refractivity contribution is -0.137. The summed E-state index contributed by atoms with van der Waals surface area (Å²) in [5.41, 5.74) is 4.93. The molecule has 3 N–H and O–H groups in total. The summed E-state index contributed by atoms with van der Waals surface area (Å²) in [6.07, 6.45) is -4.33. The van der Waals surface area contributed by atoms with Crippen LogP contribution in [-0.2, 0) is 6.18 Å². The highest BCUT2D eigenvalue weighted by molar-refractivity contribution is 14.0. The highest BCUT2D eigenvalue weighted by Gasteiger charge is 2.29. The summed E-state index contributed by atoms with van der Waals surface area (Å²) in [4.78, 5) is 4.11. The fraction of sp³-hybridized carbons (Fsp3) is 0.500. The van der Waals surface area contributed by atoms with Crippen LogP contribution in [0.2, 0.25) is 0 Å². The summed E-state index contributed by atoms with van der Waals surface area (Å²) in [6.45, 7) is 5.41. The zero-order valence-corrected chi connectivity index (χ0v) is 14.8. The second-order valence-electron chi connectivity index (χ2n) is 4.92. The smallest absolute Gasteiger partial charge is 0.416 e. The van der Waals surface area contributed by atoms with Gasteiger partial charge in [0.15, 0.2) is 5.96 Å². The zero-order chi connectivity index (χ0) is 15.9. The summed E-state index contributed by atoms with van der Waals surface area (Å²) in [6, 6.07) is 4.56. The molecule has 1 aromatic carbocycles. The molecule has 0 atom stereocenters. The van der Waals surface area contributed by atoms with Gasteiger partial charge in [0.1, 0.15) is 12.4 Å². The fourth-order valence-electron chi connectivity index (χ4n) is 1.42. The van der Waals surface area contributed by atoms with Crippen molar-refractivity contribution < 1.29 is 17.9 Å². The first-order valence-corrected chi connectivity index (χ1v) is 6.63. The molecule has 0 aliphatic carbocycles. The maximum absolute atomic E-state index is 12.4. The van der Waals surface area contributed by atoms with E-state index in [4.69, 9.17) is 10.5 Å². The van der Waals surface area contributed by atoms with Gasteiger partial charge < -0.3 is 15.8 Å². The third-order valence-electron chi connectivity index (χ3n) is 2.49. The van der Waals surface area contributed by atoms with Crippen LogP contribution < -0.4 is 15.8 Å². The van der Waals surface area contributed by atoms with E-state index < -0.39 is 11.7 Å². The van der Waals surface area contributed by atoms with Crippen LogP contribution in [-0.4, -0.2) is 25.7 Å². The molecule has 1 rings (SSSR count). The van der Waals surface area contributed by atoms with E-state index in [0.717, 1.165) is 12.1 Å². The van der Waals surface area contributed by atoms with Crippen LogP contribution in [0.15, 0.2) is 29.3 Å². The van der Waals surface area contributed by atoms with Crippen LogP contribution in [0.25, 0.3) is 0 Å². The Bertz CT molecular complexity index is 461. The molecule has 0 saturated heterocycles. The third kappa shape index (κ3) is 8.30. The van der Waals surface area contributed by atoms with Crippen LogP contribution in [0.4, 0.5) is 13.2 Å². The van der Waals surface area contributed by atoms with Crippen molar-refractivity contribution in [2.75, 3.05) is 19.7 Å². The van der Waals surface area contributed by atoms with E-state index in [-0.39, 0.29) is 30.6 Å². The number of alkyl halides is 3. The van der Waals surface area contributed by atoms with E-state index >= 15 is 0 Å². The van der Waals surface area contributed by atoms with Gasteiger partial charge in [0.25, 0.3) is 0 Å². The lowest BCUT2D eigenvalue weighted by Gasteiger charge is -2.10. The molecule has 0 saturated carbocycles. The van der Waals surface area contributed by atoms with Gasteiger partial charge in [0.2, 0.25) is 0 Å². The lowest BCUT2D eigenvalue weighted by atomic mass is 10.2. The van der Waals surface area contributed by atoms with Crippen LogP contribution >= 0.6 is 24.0 Å². The number of nitrogens with one attached hydrogen (secondary N) is 1. The molecule has 0 amide bonds. The SMILES string of the molecule is CC(C)CN=C(N)NCCOc1ccc(C(F)(F)F)cc1.I. The molecule has 126 valence electrons. The monoisotopic (exact) mass is 431 g/mol. The Kier molecular flexibility index (Phi) is 9.22. The molecule has 0 aromatic heterocycles. The van der Waals surface area contributed by atoms with E-state index in [2.05, 4.69) is 10.3 Å². The van der Waals surface area contributed by atoms with Gasteiger partial charge in [-0.2, -0.15) is 13.2 Å². The molecule has 0 unspecified atom stereocenters. The van der Waals surface area contributed by atoms with Gasteiger partial charge >= 0.3 is 6.18 Å². The zero-order valence-electron chi connectivity index (χ0n) is 12.5. The van der Waals surface area contributed by atoms with Gasteiger partial charge in [-0.05, 0) is 30.2 Å². The largest absolute Gasteiger partial charge is 0.492 e. The summed E-state index contributed by atoms with van der Waals surface area (Å²) >= 11 is 0. The van der Waals surface area contributed by atoms with Crippen molar-refractivity contribution in [1.82, 2.24) is 5.32 Å². The predicted octanol–water partition coefficient (Wildman–Crippen LogP) is 3.26. The van der Waals surface area contributed by atoms with E-state index in [1.807, 2.05) is 13.8 Å². The number of ether oxygens (including phenoxy) is 1. The molecule has 4 nitrogen and oxygen atoms in total. The van der Waals surface area contributed by atoms with Crippen LogP contribution in [0, 0.1) is 5.92 Å². The molecular weight excluding hydrogens is 410 g/mol. The number of rotatable bonds is 6. The second kappa shape index (κ2) is 9.75. The normalized spacial score (nSPS) is 12.0. The fourth-order valence-corrected chi connectivity index (χ4v) is 1.42. The maximum Gasteiger partial charge on any atom is 0.416 e. The van der Waals surface area contributed by atoms with Gasteiger partial charge in [-0.25, -0.2) is 0 Å². The van der Waals surface area contributed by atoms with Gasteiger partial charge in [-0.15, -0.1) is 24.0 Å². The molecule has 0 fully saturated rings. The summed E-state index contributed by atoms with van der Waals surface area (Å²) in [5.74, 6) is 1.14. The number of hydrogen-bond donors (Lipinski definition) is 2. The molecule has 0 spiro atoms. The first kappa shape index (κ1) is 20.8. The minimum absolute atomic E-state index is 0. The number of aliphatic imine (C=N–C) groups is 1. The van der Waals surface area contributed by atoms with E-state index in [0.29, 0.717) is 30.7 Å². The van der Waals surface area contributed by atoms with Gasteiger partial charge in [0.05, 0.1) is 12.1 Å². The van der Waals surface area contributed by atoms with Crippen molar-refractivity contribution in [1.29, 1.82) is 0 Å². The lowest BCUT2D eigenvalue weighted by Crippen LogP contribution is -2.35. The van der Waals surface area contributed by atoms with Crippen LogP contribution in [0.1, 0.15) is 19.4 Å². The highest BCUT2D eigenvalue weighted by Crippen LogP contribution is 2.30. The first-order chi connectivity index (χ1) is 9.79. The minimum Gasteiger partial charge on any atom is -0.492 e. The Morgan fingerprint density at radius 3 is 2.36 bits per heavy atom. The molecule has 8 heteroatoms. The number of guanidine groups is 1. The molecule has 1 aromatic rings. The van der Waals surface area contributed by atoms with Gasteiger partial charge in [0, 0.05) is 6.54 Å². The second-order valence-corrected chi connectivity index (χ2v) is 4.92. The van der Waals surface area contributed by atoms with Crippen molar-refractivity contribution in [2.24, 2.45) is 16.6 Å². The van der Waals surface area contributed by atoms with Crippen molar-refractivity contribution in [2.45, 2.75) is 20.0 Å². The van der Waals surface area contributed by atoms with E-state index in [1.165, 1.54) is 12.1 Å².